The van der Waals surface area contributed by atoms with Gasteiger partial charge in [-0.2, -0.15) is 10.1 Å². The fourth-order valence-electron chi connectivity index (χ4n) is 2.80. The van der Waals surface area contributed by atoms with E-state index in [0.717, 1.165) is 9.48 Å². The number of benzene rings is 2. The van der Waals surface area contributed by atoms with Crippen molar-refractivity contribution in [2.45, 2.75) is 19.1 Å². The molecule has 146 valence electrons. The van der Waals surface area contributed by atoms with Crippen LogP contribution in [0.1, 0.15) is 18.9 Å². The van der Waals surface area contributed by atoms with Crippen LogP contribution in [0.5, 0.6) is 5.75 Å². The molecule has 0 unspecified atom stereocenters. The van der Waals surface area contributed by atoms with Crippen molar-refractivity contribution >= 4 is 33.5 Å². The van der Waals surface area contributed by atoms with Crippen molar-refractivity contribution in [2.75, 3.05) is 13.2 Å². The largest absolute Gasteiger partial charge is 0.484 e. The van der Waals surface area contributed by atoms with Crippen LogP contribution >= 0.6 is 15.9 Å². The molecule has 1 heterocycles. The molecule has 0 saturated carbocycles. The van der Waals surface area contributed by atoms with E-state index in [2.05, 4.69) is 21.0 Å². The van der Waals surface area contributed by atoms with E-state index in [1.807, 2.05) is 6.07 Å². The Hall–Kier alpha value is -2.71. The van der Waals surface area contributed by atoms with Crippen molar-refractivity contribution in [3.05, 3.63) is 64.6 Å². The number of aliphatic hydroxyl groups is 1. The van der Waals surface area contributed by atoms with Gasteiger partial charge < -0.3 is 14.6 Å². The Labute approximate surface area is 170 Å². The lowest BCUT2D eigenvalue weighted by molar-refractivity contribution is -0.160. The highest BCUT2D eigenvalue weighted by molar-refractivity contribution is 9.10. The van der Waals surface area contributed by atoms with E-state index < -0.39 is 17.6 Å². The Kier molecular flexibility index (Phi) is 6.11. The molecule has 0 spiro atoms. The number of carbonyl (C=O) groups excluding carboxylic acids is 2. The van der Waals surface area contributed by atoms with Crippen molar-refractivity contribution in [2.24, 2.45) is 5.10 Å². The number of ether oxygens (including phenoxy) is 2. The van der Waals surface area contributed by atoms with Gasteiger partial charge in [0.05, 0.1) is 13.0 Å². The average molecular weight is 447 g/mol. The maximum atomic E-state index is 12.8. The van der Waals surface area contributed by atoms with Gasteiger partial charge in [0, 0.05) is 10.0 Å². The Morgan fingerprint density at radius 2 is 1.86 bits per heavy atom. The lowest BCUT2D eigenvalue weighted by Crippen LogP contribution is -2.45. The normalized spacial score (nSPS) is 18.5. The molecule has 0 fully saturated rings. The van der Waals surface area contributed by atoms with Crippen LogP contribution in [0.15, 0.2) is 64.2 Å². The van der Waals surface area contributed by atoms with Crippen LogP contribution in [0, 0.1) is 0 Å². The van der Waals surface area contributed by atoms with Gasteiger partial charge in [-0.15, -0.1) is 0 Å². The summed E-state index contributed by atoms with van der Waals surface area (Å²) in [6.45, 7) is 1.49. The molecule has 1 aliphatic heterocycles. The SMILES string of the molecule is CCOC(=O)C1=NN(C(=O)COc2ccccc2)[C@@](O)(c2ccc(Br)cc2)C1. The zero-order valence-corrected chi connectivity index (χ0v) is 16.8. The van der Waals surface area contributed by atoms with Gasteiger partial charge >= 0.3 is 5.97 Å². The van der Waals surface area contributed by atoms with Gasteiger partial charge in [0.1, 0.15) is 5.75 Å². The summed E-state index contributed by atoms with van der Waals surface area (Å²) in [4.78, 5) is 24.9. The number of hydrogen-bond acceptors (Lipinski definition) is 6. The first-order valence-corrected chi connectivity index (χ1v) is 9.47. The van der Waals surface area contributed by atoms with Crippen LogP contribution in [0.3, 0.4) is 0 Å². The van der Waals surface area contributed by atoms with Crippen LogP contribution in [0.2, 0.25) is 0 Å². The maximum Gasteiger partial charge on any atom is 0.354 e. The minimum Gasteiger partial charge on any atom is -0.484 e. The molecule has 0 aromatic heterocycles. The Morgan fingerprint density at radius 3 is 2.50 bits per heavy atom. The number of hydrazone groups is 1. The lowest BCUT2D eigenvalue weighted by atomic mass is 9.97. The van der Waals surface area contributed by atoms with E-state index >= 15 is 0 Å². The predicted octanol–water partition coefficient (Wildman–Crippen LogP) is 2.82. The van der Waals surface area contributed by atoms with Gasteiger partial charge in [0.2, 0.25) is 0 Å². The minimum atomic E-state index is -1.81. The number of nitrogens with zero attached hydrogens (tertiary/aromatic N) is 2. The van der Waals surface area contributed by atoms with E-state index in [-0.39, 0.29) is 25.3 Å². The van der Waals surface area contributed by atoms with Crippen molar-refractivity contribution in [1.29, 1.82) is 0 Å². The van der Waals surface area contributed by atoms with Crippen molar-refractivity contribution < 1.29 is 24.2 Å². The number of carbonyl (C=O) groups is 2. The highest BCUT2D eigenvalue weighted by Crippen LogP contribution is 2.36. The average Bonchev–Trinajstić information content (AvgIpc) is 3.06. The summed E-state index contributed by atoms with van der Waals surface area (Å²) in [7, 11) is 0. The fraction of sp³-hybridized carbons (Fsp3) is 0.250. The van der Waals surface area contributed by atoms with Gasteiger partial charge in [-0.3, -0.25) is 4.79 Å². The molecule has 0 saturated heterocycles. The number of rotatable bonds is 6. The molecule has 1 atom stereocenters. The molecular formula is C20H19BrN2O5. The minimum absolute atomic E-state index is 0.0275. The van der Waals surface area contributed by atoms with Gasteiger partial charge in [0.25, 0.3) is 5.91 Å². The number of para-hydroxylation sites is 1. The fourth-order valence-corrected chi connectivity index (χ4v) is 3.07. The summed E-state index contributed by atoms with van der Waals surface area (Å²) in [5, 5.41) is 16.2. The molecular weight excluding hydrogens is 428 g/mol. The summed E-state index contributed by atoms with van der Waals surface area (Å²) in [5.74, 6) is -0.747. The number of esters is 1. The van der Waals surface area contributed by atoms with Crippen LogP contribution < -0.4 is 4.74 Å². The van der Waals surface area contributed by atoms with E-state index in [0.29, 0.717) is 11.3 Å². The molecule has 3 rings (SSSR count). The van der Waals surface area contributed by atoms with Gasteiger partial charge in [-0.25, -0.2) is 4.79 Å². The summed E-state index contributed by atoms with van der Waals surface area (Å²) < 4.78 is 11.3. The topological polar surface area (TPSA) is 88.4 Å². The number of halogens is 1. The molecule has 0 bridgehead atoms. The molecule has 1 amide bonds. The van der Waals surface area contributed by atoms with Crippen molar-refractivity contribution in [3.63, 3.8) is 0 Å². The molecule has 2 aromatic rings. The second-order valence-corrected chi connectivity index (χ2v) is 6.99. The quantitative estimate of drug-likeness (QED) is 0.689. The van der Waals surface area contributed by atoms with Crippen LogP contribution in [0.4, 0.5) is 0 Å². The van der Waals surface area contributed by atoms with Gasteiger partial charge in [-0.1, -0.05) is 46.3 Å². The van der Waals surface area contributed by atoms with Gasteiger partial charge in [-0.05, 0) is 31.2 Å². The molecule has 8 heteroatoms. The highest BCUT2D eigenvalue weighted by Gasteiger charge is 2.48. The van der Waals surface area contributed by atoms with Crippen LogP contribution in [-0.2, 0) is 20.1 Å². The monoisotopic (exact) mass is 446 g/mol. The highest BCUT2D eigenvalue weighted by atomic mass is 79.9. The van der Waals surface area contributed by atoms with E-state index in [1.165, 1.54) is 0 Å². The summed E-state index contributed by atoms with van der Waals surface area (Å²) >= 11 is 3.34. The Morgan fingerprint density at radius 1 is 1.18 bits per heavy atom. The first-order valence-electron chi connectivity index (χ1n) is 8.68. The van der Waals surface area contributed by atoms with Crippen molar-refractivity contribution in [3.8, 4) is 5.75 Å². The lowest BCUT2D eigenvalue weighted by Gasteiger charge is -2.31. The standard InChI is InChI=1S/C20H19BrN2O5/c1-2-27-19(25)17-12-20(26,14-8-10-15(21)11-9-14)23(22-17)18(24)13-28-16-6-4-3-5-7-16/h3-11,26H,2,12-13H2,1H3/t20-/m0/s1. The molecule has 0 radical (unpaired) electrons. The Balaban J connectivity index is 1.86. The zero-order valence-electron chi connectivity index (χ0n) is 15.2. The van der Waals surface area contributed by atoms with E-state index in [9.17, 15) is 14.7 Å². The summed E-state index contributed by atoms with van der Waals surface area (Å²) in [6.07, 6.45) is -0.176. The molecule has 0 aliphatic carbocycles. The van der Waals surface area contributed by atoms with Crippen LogP contribution in [0.25, 0.3) is 0 Å². The smallest absolute Gasteiger partial charge is 0.354 e. The van der Waals surface area contributed by atoms with E-state index in [1.54, 1.807) is 55.5 Å². The summed E-state index contributed by atoms with van der Waals surface area (Å²) in [6, 6.07) is 15.6. The first-order chi connectivity index (χ1) is 13.4. The molecule has 7 nitrogen and oxygen atoms in total. The first kappa shape index (κ1) is 20.0. The number of hydrogen-bond donors (Lipinski definition) is 1. The second kappa shape index (κ2) is 8.53. The van der Waals surface area contributed by atoms with Gasteiger partial charge in [0.15, 0.2) is 18.0 Å². The third-order valence-electron chi connectivity index (χ3n) is 4.14. The zero-order chi connectivity index (χ0) is 20.1. The maximum absolute atomic E-state index is 12.8. The molecule has 1 aliphatic rings. The molecule has 1 N–H and O–H groups in total. The third kappa shape index (κ3) is 4.23. The second-order valence-electron chi connectivity index (χ2n) is 6.07. The van der Waals surface area contributed by atoms with Crippen LogP contribution in [-0.4, -0.2) is 40.9 Å². The Bertz CT molecular complexity index is 885. The number of amides is 1. The predicted molar refractivity (Wildman–Crippen MR) is 106 cm³/mol. The molecule has 2 aromatic carbocycles. The van der Waals surface area contributed by atoms with E-state index in [4.69, 9.17) is 9.47 Å². The summed E-state index contributed by atoms with van der Waals surface area (Å²) in [5.41, 5.74) is -1.41. The van der Waals surface area contributed by atoms with Crippen molar-refractivity contribution in [1.82, 2.24) is 5.01 Å². The third-order valence-corrected chi connectivity index (χ3v) is 4.67. The molecule has 28 heavy (non-hydrogen) atoms.